The lowest BCUT2D eigenvalue weighted by Gasteiger charge is -2.19. The number of amides is 1. The molecule has 0 aliphatic rings. The number of furan rings is 1. The van der Waals surface area contributed by atoms with Gasteiger partial charge in [-0.05, 0) is 53.6 Å². The van der Waals surface area contributed by atoms with E-state index in [-0.39, 0.29) is 18.9 Å². The third-order valence-corrected chi connectivity index (χ3v) is 5.75. The number of aromatic amines is 1. The lowest BCUT2D eigenvalue weighted by molar-refractivity contribution is -0.137. The van der Waals surface area contributed by atoms with Crippen LogP contribution in [-0.4, -0.2) is 18.0 Å². The molecular weight excluding hydrogens is 457 g/mol. The standard InChI is InChI=1S/C24H20ClF3N2O3/c1-32-15-5-7-22-18(10-15)19(13-29-22)17(11-23(31)30-12-16-3-2-8-33-16)14-4-6-21(25)20(9-14)24(26,27)28/h2-10,13,17,29H,11-12H2,1H3,(H,30,31)/t17-/m0/s1. The second-order valence-corrected chi connectivity index (χ2v) is 7.91. The van der Waals surface area contributed by atoms with Gasteiger partial charge >= 0.3 is 6.18 Å². The Balaban J connectivity index is 1.74. The molecule has 0 fully saturated rings. The summed E-state index contributed by atoms with van der Waals surface area (Å²) in [6, 6.07) is 12.5. The number of halogens is 4. The SMILES string of the molecule is COc1ccc2[nH]cc([C@@H](CC(=O)NCc3ccco3)c3ccc(Cl)c(C(F)(F)F)c3)c2c1. The van der Waals surface area contributed by atoms with E-state index in [0.717, 1.165) is 17.0 Å². The summed E-state index contributed by atoms with van der Waals surface area (Å²) in [5.74, 6) is 0.164. The first-order valence-electron chi connectivity index (χ1n) is 10.1. The fraction of sp³-hybridized carbons (Fsp3) is 0.208. The Morgan fingerprint density at radius 2 is 2.03 bits per heavy atom. The molecule has 9 heteroatoms. The smallest absolute Gasteiger partial charge is 0.417 e. The van der Waals surface area contributed by atoms with Crippen molar-refractivity contribution < 1.29 is 27.1 Å². The summed E-state index contributed by atoms with van der Waals surface area (Å²) in [5.41, 5.74) is 0.827. The van der Waals surface area contributed by atoms with Crippen molar-refractivity contribution in [3.63, 3.8) is 0 Å². The lowest BCUT2D eigenvalue weighted by Crippen LogP contribution is -2.25. The molecule has 2 N–H and O–H groups in total. The number of fused-ring (bicyclic) bond motifs is 1. The van der Waals surface area contributed by atoms with Gasteiger partial charge in [-0.2, -0.15) is 13.2 Å². The predicted molar refractivity (Wildman–Crippen MR) is 118 cm³/mol. The van der Waals surface area contributed by atoms with Crippen molar-refractivity contribution in [3.8, 4) is 5.75 Å². The summed E-state index contributed by atoms with van der Waals surface area (Å²) in [5, 5.41) is 3.11. The molecule has 0 bridgehead atoms. The summed E-state index contributed by atoms with van der Waals surface area (Å²) in [4.78, 5) is 15.9. The molecule has 1 atom stereocenters. The number of ether oxygens (including phenoxy) is 1. The van der Waals surface area contributed by atoms with E-state index in [1.807, 2.05) is 6.07 Å². The van der Waals surface area contributed by atoms with Gasteiger partial charge in [-0.3, -0.25) is 4.79 Å². The van der Waals surface area contributed by atoms with Crippen LogP contribution in [0.5, 0.6) is 5.75 Å². The molecule has 0 aliphatic carbocycles. The highest BCUT2D eigenvalue weighted by atomic mass is 35.5. The molecule has 1 amide bonds. The highest BCUT2D eigenvalue weighted by Gasteiger charge is 2.34. The zero-order chi connectivity index (χ0) is 23.6. The quantitative estimate of drug-likeness (QED) is 0.330. The third-order valence-electron chi connectivity index (χ3n) is 5.42. The van der Waals surface area contributed by atoms with Crippen LogP contribution in [0.3, 0.4) is 0 Å². The van der Waals surface area contributed by atoms with Crippen molar-refractivity contribution in [1.29, 1.82) is 0 Å². The fourth-order valence-electron chi connectivity index (χ4n) is 3.78. The van der Waals surface area contributed by atoms with Crippen molar-refractivity contribution in [2.45, 2.75) is 25.1 Å². The summed E-state index contributed by atoms with van der Waals surface area (Å²) in [6.45, 7) is 0.175. The van der Waals surface area contributed by atoms with E-state index in [9.17, 15) is 18.0 Å². The Labute approximate surface area is 192 Å². The Morgan fingerprint density at radius 3 is 2.73 bits per heavy atom. The summed E-state index contributed by atoms with van der Waals surface area (Å²) < 4.78 is 51.1. The van der Waals surface area contributed by atoms with Gasteiger partial charge in [-0.1, -0.05) is 17.7 Å². The van der Waals surface area contributed by atoms with Gasteiger partial charge in [0.05, 0.1) is 30.5 Å². The van der Waals surface area contributed by atoms with Gasteiger partial charge in [0.15, 0.2) is 0 Å². The maximum atomic E-state index is 13.5. The number of carbonyl (C=O) groups excluding carboxylic acids is 1. The number of carbonyl (C=O) groups is 1. The summed E-state index contributed by atoms with van der Waals surface area (Å²) in [6.07, 6.45) is -1.50. The van der Waals surface area contributed by atoms with Gasteiger partial charge in [0.1, 0.15) is 11.5 Å². The van der Waals surface area contributed by atoms with Gasteiger partial charge in [0, 0.05) is 29.4 Å². The molecule has 172 valence electrons. The fourth-order valence-corrected chi connectivity index (χ4v) is 4.00. The summed E-state index contributed by atoms with van der Waals surface area (Å²) >= 11 is 5.83. The normalized spacial score (nSPS) is 12.6. The van der Waals surface area contributed by atoms with Crippen LogP contribution in [0.1, 0.15) is 34.8 Å². The number of hydrogen-bond acceptors (Lipinski definition) is 3. The molecule has 2 heterocycles. The first-order chi connectivity index (χ1) is 15.8. The minimum Gasteiger partial charge on any atom is -0.497 e. The number of hydrogen-bond donors (Lipinski definition) is 2. The molecule has 2 aromatic carbocycles. The van der Waals surface area contributed by atoms with Gasteiger partial charge in [-0.25, -0.2) is 0 Å². The molecule has 2 aromatic heterocycles. The maximum absolute atomic E-state index is 13.5. The van der Waals surface area contributed by atoms with Crippen LogP contribution < -0.4 is 10.1 Å². The van der Waals surface area contributed by atoms with Crippen LogP contribution in [0.2, 0.25) is 5.02 Å². The zero-order valence-electron chi connectivity index (χ0n) is 17.5. The van der Waals surface area contributed by atoms with Crippen molar-refractivity contribution >= 4 is 28.4 Å². The highest BCUT2D eigenvalue weighted by molar-refractivity contribution is 6.31. The molecule has 4 rings (SSSR count). The molecule has 0 unspecified atom stereocenters. The van der Waals surface area contributed by atoms with Gasteiger partial charge in [-0.15, -0.1) is 0 Å². The third kappa shape index (κ3) is 5.01. The molecule has 0 radical (unpaired) electrons. The van der Waals surface area contributed by atoms with Crippen LogP contribution >= 0.6 is 11.6 Å². The van der Waals surface area contributed by atoms with Crippen LogP contribution in [0.25, 0.3) is 10.9 Å². The Morgan fingerprint density at radius 1 is 1.21 bits per heavy atom. The summed E-state index contributed by atoms with van der Waals surface area (Å²) in [7, 11) is 1.53. The molecule has 5 nitrogen and oxygen atoms in total. The van der Waals surface area contributed by atoms with E-state index in [1.54, 1.807) is 30.5 Å². The lowest BCUT2D eigenvalue weighted by atomic mass is 9.87. The van der Waals surface area contributed by atoms with Crippen molar-refractivity contribution in [2.75, 3.05) is 7.11 Å². The van der Waals surface area contributed by atoms with Gasteiger partial charge < -0.3 is 19.5 Å². The number of H-pyrrole nitrogens is 1. The molecule has 0 spiro atoms. The van der Waals surface area contributed by atoms with E-state index in [1.165, 1.54) is 25.5 Å². The number of methoxy groups -OCH3 is 1. The second-order valence-electron chi connectivity index (χ2n) is 7.51. The first-order valence-corrected chi connectivity index (χ1v) is 10.4. The predicted octanol–water partition coefficient (Wildman–Crippen LogP) is 6.28. The van der Waals surface area contributed by atoms with Crippen LogP contribution in [0, 0.1) is 0 Å². The Bertz CT molecular complexity index is 1270. The number of alkyl halides is 3. The van der Waals surface area contributed by atoms with Crippen molar-refractivity contribution in [1.82, 2.24) is 10.3 Å². The number of benzene rings is 2. The number of nitrogens with one attached hydrogen (secondary N) is 2. The topological polar surface area (TPSA) is 67.3 Å². The largest absolute Gasteiger partial charge is 0.497 e. The number of aromatic nitrogens is 1. The molecule has 4 aromatic rings. The Kier molecular flexibility index (Phi) is 6.37. The monoisotopic (exact) mass is 476 g/mol. The average molecular weight is 477 g/mol. The zero-order valence-corrected chi connectivity index (χ0v) is 18.3. The molecule has 0 aliphatic heterocycles. The van der Waals surface area contributed by atoms with Gasteiger partial charge in [0.2, 0.25) is 5.91 Å². The van der Waals surface area contributed by atoms with Crippen molar-refractivity contribution in [3.05, 3.63) is 88.5 Å². The maximum Gasteiger partial charge on any atom is 0.417 e. The van der Waals surface area contributed by atoms with Crippen LogP contribution in [-0.2, 0) is 17.5 Å². The van der Waals surface area contributed by atoms with Crippen LogP contribution in [0.4, 0.5) is 13.2 Å². The van der Waals surface area contributed by atoms with E-state index in [2.05, 4.69) is 10.3 Å². The Hall–Kier alpha value is -3.39. The number of rotatable bonds is 7. The molecule has 0 saturated carbocycles. The van der Waals surface area contributed by atoms with Crippen LogP contribution in [0.15, 0.2) is 65.4 Å². The van der Waals surface area contributed by atoms with E-state index >= 15 is 0 Å². The molecular formula is C24H20ClF3N2O3. The minimum atomic E-state index is -4.62. The first kappa shape index (κ1) is 22.8. The second kappa shape index (κ2) is 9.23. The van der Waals surface area contributed by atoms with E-state index in [4.69, 9.17) is 20.8 Å². The highest BCUT2D eigenvalue weighted by Crippen LogP contribution is 2.40. The average Bonchev–Trinajstić information content (AvgIpc) is 3.45. The molecule has 33 heavy (non-hydrogen) atoms. The van der Waals surface area contributed by atoms with E-state index in [0.29, 0.717) is 22.6 Å². The molecule has 0 saturated heterocycles. The minimum absolute atomic E-state index is 0.0796. The van der Waals surface area contributed by atoms with Crippen molar-refractivity contribution in [2.24, 2.45) is 0 Å². The van der Waals surface area contributed by atoms with Gasteiger partial charge in [0.25, 0.3) is 0 Å². The van der Waals surface area contributed by atoms with E-state index < -0.39 is 22.7 Å².